The predicted octanol–water partition coefficient (Wildman–Crippen LogP) is 5.61. The normalized spacial score (nSPS) is 22.0. The molecule has 230 valence electrons. The van der Waals surface area contributed by atoms with Gasteiger partial charge in [-0.25, -0.2) is 0 Å². The fraction of sp³-hybridized carbons (Fsp3) is 0.189. The third kappa shape index (κ3) is 4.23. The molecule has 3 aliphatic heterocycles. The number of ketones is 2. The summed E-state index contributed by atoms with van der Waals surface area (Å²) >= 11 is 0. The van der Waals surface area contributed by atoms with E-state index in [1.54, 1.807) is 30.3 Å². The second-order valence-corrected chi connectivity index (χ2v) is 11.5. The first-order valence-corrected chi connectivity index (χ1v) is 14.8. The number of ether oxygens (including phenoxy) is 3. The first-order valence-electron chi connectivity index (χ1n) is 14.8. The maximum atomic E-state index is 15.2. The molecule has 4 aromatic rings. The number of hydrogen-bond acceptors (Lipinski definition) is 8. The quantitative estimate of drug-likeness (QED) is 0.163. The number of Topliss-reactive ketones (excluding diaryl/α,β-unsaturated/α-hetero) is 2. The number of carbonyl (C=O) groups excluding carboxylic acids is 4. The summed E-state index contributed by atoms with van der Waals surface area (Å²) in [5.74, 6) is -1.83. The Morgan fingerprint density at radius 3 is 2.28 bits per heavy atom. The van der Waals surface area contributed by atoms with E-state index in [9.17, 15) is 14.4 Å². The first-order chi connectivity index (χ1) is 22.3. The van der Waals surface area contributed by atoms with Crippen molar-refractivity contribution in [2.75, 3.05) is 19.5 Å². The van der Waals surface area contributed by atoms with Crippen LogP contribution in [0.4, 0.5) is 5.69 Å². The van der Waals surface area contributed by atoms with Crippen LogP contribution in [0, 0.1) is 5.92 Å². The Labute approximate surface area is 265 Å². The zero-order chi connectivity index (χ0) is 32.2. The second-order valence-electron chi connectivity index (χ2n) is 11.5. The minimum absolute atomic E-state index is 0.198. The van der Waals surface area contributed by atoms with Gasteiger partial charge in [0.15, 0.2) is 11.6 Å². The van der Waals surface area contributed by atoms with Gasteiger partial charge in [-0.05, 0) is 71.3 Å². The number of nitrogens with zero attached hydrogens (tertiary/aromatic N) is 1. The first kappa shape index (κ1) is 29.0. The number of esters is 1. The molecule has 1 N–H and O–H groups in total. The summed E-state index contributed by atoms with van der Waals surface area (Å²) in [6.45, 7) is 1.30. The van der Waals surface area contributed by atoms with Crippen LogP contribution < -0.4 is 19.5 Å². The lowest BCUT2D eigenvalue weighted by molar-refractivity contribution is -0.131. The maximum absolute atomic E-state index is 15.2. The number of hydrogen-bond donors (Lipinski definition) is 1. The molecule has 1 amide bonds. The molecule has 1 saturated heterocycles. The van der Waals surface area contributed by atoms with Gasteiger partial charge in [-0.3, -0.25) is 19.2 Å². The Balaban J connectivity index is 1.50. The van der Waals surface area contributed by atoms with Crippen molar-refractivity contribution < 1.29 is 33.4 Å². The number of nitrogens with one attached hydrogen (secondary N) is 1. The summed E-state index contributed by atoms with van der Waals surface area (Å²) in [5.41, 5.74) is 1.95. The standard InChI is InChI=1S/C37H30N2O7/c1-21(40)46-24-14-12-23(13-15-24)33(41)32-31(34(42)27-20-25(44-2)16-17-30(27)45-3)37(28-10-6-7-11-29(28)38-36(37)43)35-26-9-5-4-8-22(26)18-19-39(32)35/h4-20,31-32,35H,1-3H3,(H,38,43)/t31-,32+,35+,37+/m0/s1. The third-order valence-corrected chi connectivity index (χ3v) is 9.19. The summed E-state index contributed by atoms with van der Waals surface area (Å²) in [4.78, 5) is 58.1. The zero-order valence-corrected chi connectivity index (χ0v) is 25.4. The third-order valence-electron chi connectivity index (χ3n) is 9.19. The van der Waals surface area contributed by atoms with Crippen LogP contribution in [0.2, 0.25) is 0 Å². The minimum Gasteiger partial charge on any atom is -0.497 e. The molecule has 46 heavy (non-hydrogen) atoms. The lowest BCUT2D eigenvalue weighted by Gasteiger charge is -2.38. The van der Waals surface area contributed by atoms with Crippen molar-refractivity contribution in [1.29, 1.82) is 0 Å². The monoisotopic (exact) mass is 614 g/mol. The van der Waals surface area contributed by atoms with Crippen LogP contribution in [0.1, 0.15) is 50.4 Å². The van der Waals surface area contributed by atoms with Crippen LogP contribution in [0.3, 0.4) is 0 Å². The molecule has 7 rings (SSSR count). The number of amides is 1. The van der Waals surface area contributed by atoms with Crippen molar-refractivity contribution in [3.8, 4) is 17.2 Å². The van der Waals surface area contributed by atoms with Crippen LogP contribution >= 0.6 is 0 Å². The predicted molar refractivity (Wildman–Crippen MR) is 170 cm³/mol. The van der Waals surface area contributed by atoms with Crippen molar-refractivity contribution in [2.24, 2.45) is 5.92 Å². The summed E-state index contributed by atoms with van der Waals surface area (Å²) in [5, 5.41) is 3.05. The Morgan fingerprint density at radius 1 is 0.826 bits per heavy atom. The summed E-state index contributed by atoms with van der Waals surface area (Å²) < 4.78 is 16.3. The molecule has 4 atom stereocenters. The van der Waals surface area contributed by atoms with E-state index in [1.807, 2.05) is 65.7 Å². The molecule has 3 heterocycles. The van der Waals surface area contributed by atoms with E-state index >= 15 is 4.79 Å². The molecule has 0 aromatic heterocycles. The van der Waals surface area contributed by atoms with E-state index in [1.165, 1.54) is 33.3 Å². The van der Waals surface area contributed by atoms with E-state index in [4.69, 9.17) is 14.2 Å². The largest absolute Gasteiger partial charge is 0.497 e. The SMILES string of the molecule is COc1ccc(OC)c(C(=O)[C@@H]2[C@H](C(=O)c3ccc(OC(C)=O)cc3)N3C=Cc4ccccc4[C@@H]3[C@]23C(=O)Nc2ccccc23)c1. The van der Waals surface area contributed by atoms with Crippen molar-refractivity contribution in [2.45, 2.75) is 24.4 Å². The van der Waals surface area contributed by atoms with E-state index in [0.29, 0.717) is 28.3 Å². The smallest absolute Gasteiger partial charge is 0.308 e. The summed E-state index contributed by atoms with van der Waals surface area (Å²) in [7, 11) is 2.97. The Morgan fingerprint density at radius 2 is 1.54 bits per heavy atom. The van der Waals surface area contributed by atoms with Crippen LogP contribution in [0.25, 0.3) is 6.08 Å². The molecule has 0 bridgehead atoms. The number of anilines is 1. The lowest BCUT2D eigenvalue weighted by atomic mass is 9.62. The van der Waals surface area contributed by atoms with Crippen molar-refractivity contribution in [3.63, 3.8) is 0 Å². The summed E-state index contributed by atoms with van der Waals surface area (Å²) in [6, 6.07) is 24.4. The van der Waals surface area contributed by atoms with Gasteiger partial charge in [-0.15, -0.1) is 0 Å². The molecule has 0 unspecified atom stereocenters. The van der Waals surface area contributed by atoms with Gasteiger partial charge in [0.2, 0.25) is 5.91 Å². The number of rotatable bonds is 7. The second kappa shape index (κ2) is 11.0. The van der Waals surface area contributed by atoms with Crippen molar-refractivity contribution in [1.82, 2.24) is 4.90 Å². The van der Waals surface area contributed by atoms with Crippen LogP contribution in [0.5, 0.6) is 17.2 Å². The van der Waals surface area contributed by atoms with Gasteiger partial charge in [-0.2, -0.15) is 0 Å². The van der Waals surface area contributed by atoms with Crippen LogP contribution in [-0.2, 0) is 15.0 Å². The molecule has 1 fully saturated rings. The maximum Gasteiger partial charge on any atom is 0.308 e. The van der Waals surface area contributed by atoms with Crippen molar-refractivity contribution in [3.05, 3.63) is 125 Å². The molecule has 9 heteroatoms. The van der Waals surface area contributed by atoms with Gasteiger partial charge >= 0.3 is 5.97 Å². The van der Waals surface area contributed by atoms with E-state index in [2.05, 4.69) is 5.32 Å². The highest BCUT2D eigenvalue weighted by molar-refractivity contribution is 6.17. The average molecular weight is 615 g/mol. The molecule has 0 aliphatic carbocycles. The van der Waals surface area contributed by atoms with E-state index in [-0.39, 0.29) is 23.0 Å². The van der Waals surface area contributed by atoms with Gasteiger partial charge in [-0.1, -0.05) is 42.5 Å². The van der Waals surface area contributed by atoms with Gasteiger partial charge in [0.1, 0.15) is 28.7 Å². The Hall–Kier alpha value is -5.70. The number of para-hydroxylation sites is 1. The number of carbonyl (C=O) groups is 4. The highest BCUT2D eigenvalue weighted by Crippen LogP contribution is 2.62. The van der Waals surface area contributed by atoms with Crippen molar-refractivity contribution >= 4 is 35.2 Å². The topological polar surface area (TPSA) is 111 Å². The highest BCUT2D eigenvalue weighted by Gasteiger charge is 2.71. The number of benzene rings is 4. The molecule has 1 spiro atoms. The highest BCUT2D eigenvalue weighted by atomic mass is 16.5. The van der Waals surface area contributed by atoms with Gasteiger partial charge in [0.05, 0.1) is 31.7 Å². The van der Waals surface area contributed by atoms with Crippen LogP contribution in [-0.4, -0.2) is 48.6 Å². The zero-order valence-electron chi connectivity index (χ0n) is 25.4. The Bertz CT molecular complexity index is 1950. The Kier molecular flexibility index (Phi) is 6.96. The lowest BCUT2D eigenvalue weighted by Crippen LogP contribution is -2.49. The van der Waals surface area contributed by atoms with Gasteiger partial charge < -0.3 is 24.4 Å². The molecular formula is C37H30N2O7. The van der Waals surface area contributed by atoms with Gasteiger partial charge in [0.25, 0.3) is 0 Å². The number of fused-ring (bicyclic) bond motifs is 6. The summed E-state index contributed by atoms with van der Waals surface area (Å²) in [6.07, 6.45) is 3.72. The number of methoxy groups -OCH3 is 2. The van der Waals surface area contributed by atoms with Gasteiger partial charge in [0, 0.05) is 24.4 Å². The molecule has 0 saturated carbocycles. The molecule has 4 aromatic carbocycles. The minimum atomic E-state index is -1.50. The fourth-order valence-electron chi connectivity index (χ4n) is 7.37. The van der Waals surface area contributed by atoms with E-state index < -0.39 is 35.2 Å². The molecule has 9 nitrogen and oxygen atoms in total. The average Bonchev–Trinajstić information content (AvgIpc) is 3.55. The molecule has 3 aliphatic rings. The van der Waals surface area contributed by atoms with Crippen LogP contribution in [0.15, 0.2) is 97.2 Å². The molecular weight excluding hydrogens is 584 g/mol. The van der Waals surface area contributed by atoms with E-state index in [0.717, 1.165) is 11.1 Å². The molecule has 0 radical (unpaired) electrons. The fourth-order valence-corrected chi connectivity index (χ4v) is 7.37.